The third-order valence-corrected chi connectivity index (χ3v) is 5.92. The molecule has 162 valence electrons. The summed E-state index contributed by atoms with van der Waals surface area (Å²) in [6.45, 7) is 5.68. The molecule has 31 heavy (non-hydrogen) atoms. The van der Waals surface area contributed by atoms with Gasteiger partial charge in [-0.15, -0.1) is 0 Å². The molecule has 2 atom stereocenters. The van der Waals surface area contributed by atoms with Crippen LogP contribution in [0, 0.1) is 0 Å². The lowest BCUT2D eigenvalue weighted by molar-refractivity contribution is -0.00706. The number of ether oxygens (including phenoxy) is 2. The Morgan fingerprint density at radius 2 is 1.84 bits per heavy atom. The van der Waals surface area contributed by atoms with E-state index >= 15 is 0 Å². The number of hydrogen-bond acceptors (Lipinski definition) is 6. The summed E-state index contributed by atoms with van der Waals surface area (Å²) in [5.41, 5.74) is 1.32. The smallest absolute Gasteiger partial charge is 0.410 e. The largest absolute Gasteiger partial charge is 0.490 e. The highest BCUT2D eigenvalue weighted by atomic mass is 16.6. The van der Waals surface area contributed by atoms with Gasteiger partial charge in [0.2, 0.25) is 0 Å². The van der Waals surface area contributed by atoms with E-state index in [4.69, 9.17) is 13.9 Å². The fraction of sp³-hybridized carbons (Fsp3) is 0.458. The number of amides is 1. The number of nitrogens with zero attached hydrogens (tertiary/aromatic N) is 2. The molecule has 0 saturated carbocycles. The van der Waals surface area contributed by atoms with Gasteiger partial charge in [0.25, 0.3) is 0 Å². The van der Waals surface area contributed by atoms with Crippen LogP contribution in [-0.2, 0) is 4.74 Å². The molecule has 7 heteroatoms. The van der Waals surface area contributed by atoms with Crippen LogP contribution in [0.1, 0.15) is 46.5 Å². The molecule has 4 aliphatic rings. The van der Waals surface area contributed by atoms with Crippen molar-refractivity contribution in [3.63, 3.8) is 0 Å². The number of benzene rings is 2. The maximum Gasteiger partial charge on any atom is 0.410 e. The molecule has 1 aliphatic carbocycles. The molecule has 2 fully saturated rings. The van der Waals surface area contributed by atoms with Crippen LogP contribution in [-0.4, -0.2) is 39.8 Å². The Hall–Kier alpha value is -3.09. The molecular weight excluding hydrogens is 396 g/mol. The summed E-state index contributed by atoms with van der Waals surface area (Å²) in [6, 6.07) is 10.4. The number of fused-ring (bicyclic) bond motifs is 4. The molecule has 3 heterocycles. The van der Waals surface area contributed by atoms with E-state index in [1.807, 2.05) is 43.9 Å². The van der Waals surface area contributed by atoms with Crippen molar-refractivity contribution in [2.24, 2.45) is 0 Å². The summed E-state index contributed by atoms with van der Waals surface area (Å²) < 4.78 is 17.8. The van der Waals surface area contributed by atoms with Gasteiger partial charge < -0.3 is 18.8 Å². The number of carbonyl (C=O) groups excluding carboxylic acids is 1. The number of aromatic nitrogens is 1. The topological polar surface area (TPSA) is 81.9 Å². The lowest BCUT2D eigenvalue weighted by Crippen LogP contribution is -2.50. The summed E-state index contributed by atoms with van der Waals surface area (Å²) in [4.78, 5) is 30.7. The Morgan fingerprint density at radius 1 is 1.10 bits per heavy atom. The van der Waals surface area contributed by atoms with Crippen LogP contribution >= 0.6 is 0 Å². The number of rotatable bonds is 2. The quantitative estimate of drug-likeness (QED) is 0.561. The van der Waals surface area contributed by atoms with Gasteiger partial charge in [0.15, 0.2) is 16.8 Å². The predicted molar refractivity (Wildman–Crippen MR) is 115 cm³/mol. The minimum absolute atomic E-state index is 0.0234. The summed E-state index contributed by atoms with van der Waals surface area (Å²) in [7, 11) is 0. The minimum Gasteiger partial charge on any atom is -0.490 e. The van der Waals surface area contributed by atoms with E-state index < -0.39 is 5.60 Å². The Labute approximate surface area is 180 Å². The standard InChI is InChI=1S/C24H26N2O5/c1-24(2,3)31-23(28)26-14-4-5-15(26)11-18(10-14)29-17-7-9-20-22(13-17)30-21-12-16(27)6-8-19(21)25-20/h6-9,12-15,18H,4-5,10-11H2,1-3H3. The summed E-state index contributed by atoms with van der Waals surface area (Å²) >= 11 is 0. The molecule has 1 amide bonds. The summed E-state index contributed by atoms with van der Waals surface area (Å²) in [5.74, 6) is 1.16. The number of piperidine rings is 1. The highest BCUT2D eigenvalue weighted by molar-refractivity contribution is 5.77. The molecule has 5 rings (SSSR count). The van der Waals surface area contributed by atoms with Gasteiger partial charge in [0, 0.05) is 37.1 Å². The molecule has 1 aromatic carbocycles. The highest BCUT2D eigenvalue weighted by Crippen LogP contribution is 2.38. The highest BCUT2D eigenvalue weighted by Gasteiger charge is 2.45. The van der Waals surface area contributed by atoms with Crippen molar-refractivity contribution in [1.82, 2.24) is 9.88 Å². The molecule has 2 unspecified atom stereocenters. The van der Waals surface area contributed by atoms with Gasteiger partial charge in [-0.2, -0.15) is 0 Å². The number of carbonyl (C=O) groups is 1. The predicted octanol–water partition coefficient (Wildman–Crippen LogP) is 4.60. The third kappa shape index (κ3) is 3.96. The Bertz CT molecular complexity index is 1150. The van der Waals surface area contributed by atoms with Crippen LogP contribution in [0.3, 0.4) is 0 Å². The van der Waals surface area contributed by atoms with E-state index in [0.717, 1.165) is 25.7 Å². The zero-order valence-electron chi connectivity index (χ0n) is 18.0. The van der Waals surface area contributed by atoms with Gasteiger partial charge >= 0.3 is 6.09 Å². The van der Waals surface area contributed by atoms with Crippen LogP contribution in [0.4, 0.5) is 4.79 Å². The van der Waals surface area contributed by atoms with Gasteiger partial charge in [-0.1, -0.05) is 0 Å². The fourth-order valence-electron chi connectivity index (χ4n) is 4.69. The van der Waals surface area contributed by atoms with Gasteiger partial charge in [0.05, 0.1) is 0 Å². The fourth-order valence-corrected chi connectivity index (χ4v) is 4.69. The second kappa shape index (κ2) is 7.25. The average molecular weight is 422 g/mol. The van der Waals surface area contributed by atoms with E-state index in [1.54, 1.807) is 6.07 Å². The first-order valence-electron chi connectivity index (χ1n) is 10.8. The van der Waals surface area contributed by atoms with E-state index in [1.165, 1.54) is 12.1 Å². The van der Waals surface area contributed by atoms with Crippen molar-refractivity contribution >= 4 is 17.2 Å². The third-order valence-electron chi connectivity index (χ3n) is 5.92. The van der Waals surface area contributed by atoms with Crippen LogP contribution in [0.15, 0.2) is 45.6 Å². The van der Waals surface area contributed by atoms with E-state index in [0.29, 0.717) is 28.3 Å². The first-order valence-corrected chi connectivity index (χ1v) is 10.8. The molecule has 0 radical (unpaired) electrons. The first-order chi connectivity index (χ1) is 14.7. The van der Waals surface area contributed by atoms with Crippen molar-refractivity contribution in [2.45, 2.75) is 70.2 Å². The van der Waals surface area contributed by atoms with Crippen LogP contribution in [0.5, 0.6) is 5.75 Å². The van der Waals surface area contributed by atoms with Crippen molar-refractivity contribution in [3.05, 3.63) is 46.6 Å². The molecule has 2 bridgehead atoms. The molecule has 1 aromatic rings. The lowest BCUT2D eigenvalue weighted by Gasteiger charge is -2.39. The molecule has 0 spiro atoms. The number of hydrogen-bond donors (Lipinski definition) is 0. The second-order valence-electron chi connectivity index (χ2n) is 9.46. The maximum absolute atomic E-state index is 12.6. The lowest BCUT2D eigenvalue weighted by atomic mass is 10.00. The normalized spacial score (nSPS) is 23.3. The molecule has 2 saturated heterocycles. The van der Waals surface area contributed by atoms with Gasteiger partial charge in [-0.3, -0.25) is 4.79 Å². The molecular formula is C24H26N2O5. The zero-order chi connectivity index (χ0) is 21.8. The minimum atomic E-state index is -0.497. The van der Waals surface area contributed by atoms with Crippen molar-refractivity contribution in [2.75, 3.05) is 0 Å². The summed E-state index contributed by atoms with van der Waals surface area (Å²) in [5, 5.41) is 0. The van der Waals surface area contributed by atoms with E-state index in [-0.39, 0.29) is 29.7 Å². The zero-order valence-corrected chi connectivity index (χ0v) is 18.0. The Kier molecular flexibility index (Phi) is 4.64. The van der Waals surface area contributed by atoms with Gasteiger partial charge in [-0.05, 0) is 57.9 Å². The van der Waals surface area contributed by atoms with E-state index in [2.05, 4.69) is 4.98 Å². The van der Waals surface area contributed by atoms with Crippen LogP contribution in [0.2, 0.25) is 0 Å². The van der Waals surface area contributed by atoms with Crippen LogP contribution in [0.25, 0.3) is 22.6 Å². The second-order valence-corrected chi connectivity index (χ2v) is 9.46. The molecule has 0 N–H and O–H groups in total. The first kappa shape index (κ1) is 19.8. The van der Waals surface area contributed by atoms with E-state index in [9.17, 15) is 9.59 Å². The van der Waals surface area contributed by atoms with Crippen molar-refractivity contribution in [1.29, 1.82) is 0 Å². The molecule has 0 aromatic heterocycles. The molecule has 3 aliphatic heterocycles. The monoisotopic (exact) mass is 422 g/mol. The Morgan fingerprint density at radius 3 is 2.55 bits per heavy atom. The maximum atomic E-state index is 12.6. The van der Waals surface area contributed by atoms with Gasteiger partial charge in [-0.25, -0.2) is 9.78 Å². The molecule has 7 nitrogen and oxygen atoms in total. The Balaban J connectivity index is 1.33. The van der Waals surface area contributed by atoms with Gasteiger partial charge in [0.1, 0.15) is 28.7 Å². The van der Waals surface area contributed by atoms with Crippen LogP contribution < -0.4 is 10.2 Å². The average Bonchev–Trinajstić information content (AvgIpc) is 2.96. The van der Waals surface area contributed by atoms with Crippen molar-refractivity contribution in [3.8, 4) is 17.2 Å². The summed E-state index contributed by atoms with van der Waals surface area (Å²) in [6.07, 6.45) is 3.31. The SMILES string of the molecule is CC(C)(C)OC(=O)N1C2CCC1CC(Oc1ccc3nc4ccc(=O)cc-4oc3c1)C2. The van der Waals surface area contributed by atoms with Crippen molar-refractivity contribution < 1.29 is 18.7 Å².